The van der Waals surface area contributed by atoms with Crippen molar-refractivity contribution < 1.29 is 21.6 Å². The standard InChI is InChI=1S/C24H27N3O5S2/c1-17-9-8-10-18(2)23(17)26-34(31,32)22-15-13-20(14-16-22)25-24(28)19(3)27(33(4,29)30)21-11-6-5-7-12-21/h5-16,19,26H,1-4H3,(H,25,28)/t19-/m0/s1. The molecule has 0 radical (unpaired) electrons. The second-order valence-corrected chi connectivity index (χ2v) is 11.5. The zero-order valence-corrected chi connectivity index (χ0v) is 20.9. The first-order valence-electron chi connectivity index (χ1n) is 10.4. The number of carbonyl (C=O) groups is 1. The van der Waals surface area contributed by atoms with E-state index in [0.29, 0.717) is 17.1 Å². The molecule has 2 N–H and O–H groups in total. The van der Waals surface area contributed by atoms with E-state index in [9.17, 15) is 21.6 Å². The van der Waals surface area contributed by atoms with Gasteiger partial charge in [-0.05, 0) is 68.3 Å². The fraction of sp³-hybridized carbons (Fsp3) is 0.208. The molecule has 10 heteroatoms. The molecule has 0 unspecified atom stereocenters. The zero-order chi connectivity index (χ0) is 25.1. The predicted octanol–water partition coefficient (Wildman–Crippen LogP) is 3.90. The Kier molecular flexibility index (Phi) is 7.32. The van der Waals surface area contributed by atoms with Gasteiger partial charge in [0, 0.05) is 5.69 Å². The molecule has 0 bridgehead atoms. The number of nitrogens with one attached hydrogen (secondary N) is 2. The van der Waals surface area contributed by atoms with E-state index < -0.39 is 32.0 Å². The van der Waals surface area contributed by atoms with E-state index in [1.807, 2.05) is 32.0 Å². The summed E-state index contributed by atoms with van der Waals surface area (Å²) in [5.74, 6) is -0.557. The summed E-state index contributed by atoms with van der Waals surface area (Å²) >= 11 is 0. The van der Waals surface area contributed by atoms with Crippen molar-refractivity contribution in [1.82, 2.24) is 0 Å². The van der Waals surface area contributed by atoms with Crippen molar-refractivity contribution in [3.63, 3.8) is 0 Å². The number of anilines is 3. The summed E-state index contributed by atoms with van der Waals surface area (Å²) in [5, 5.41) is 2.65. The number of nitrogens with zero attached hydrogens (tertiary/aromatic N) is 1. The SMILES string of the molecule is Cc1cccc(C)c1NS(=O)(=O)c1ccc(NC(=O)[C@H](C)N(c2ccccc2)S(C)(=O)=O)cc1. The van der Waals surface area contributed by atoms with E-state index in [1.165, 1.54) is 31.2 Å². The van der Waals surface area contributed by atoms with Gasteiger partial charge in [-0.25, -0.2) is 16.8 Å². The van der Waals surface area contributed by atoms with Crippen molar-refractivity contribution in [3.8, 4) is 0 Å². The van der Waals surface area contributed by atoms with Crippen LogP contribution in [0, 0.1) is 13.8 Å². The van der Waals surface area contributed by atoms with Crippen LogP contribution in [0.4, 0.5) is 17.1 Å². The quantitative estimate of drug-likeness (QED) is 0.486. The van der Waals surface area contributed by atoms with E-state index in [1.54, 1.807) is 30.3 Å². The number of rotatable bonds is 8. The van der Waals surface area contributed by atoms with Gasteiger partial charge in [0.25, 0.3) is 10.0 Å². The van der Waals surface area contributed by atoms with Crippen molar-refractivity contribution in [3.05, 3.63) is 83.9 Å². The number of hydrogen-bond acceptors (Lipinski definition) is 5. The van der Waals surface area contributed by atoms with Crippen LogP contribution >= 0.6 is 0 Å². The van der Waals surface area contributed by atoms with E-state index in [2.05, 4.69) is 10.0 Å². The zero-order valence-electron chi connectivity index (χ0n) is 19.3. The first-order valence-corrected chi connectivity index (χ1v) is 13.8. The van der Waals surface area contributed by atoms with Crippen LogP contribution in [0.2, 0.25) is 0 Å². The summed E-state index contributed by atoms with van der Waals surface area (Å²) in [5.41, 5.74) is 2.83. The second kappa shape index (κ2) is 9.86. The highest BCUT2D eigenvalue weighted by atomic mass is 32.2. The van der Waals surface area contributed by atoms with Crippen LogP contribution in [0.5, 0.6) is 0 Å². The smallest absolute Gasteiger partial charge is 0.261 e. The Hall–Kier alpha value is -3.37. The Morgan fingerprint density at radius 2 is 1.38 bits per heavy atom. The highest BCUT2D eigenvalue weighted by Gasteiger charge is 2.29. The number of amides is 1. The van der Waals surface area contributed by atoms with E-state index in [4.69, 9.17) is 0 Å². The average molecular weight is 502 g/mol. The van der Waals surface area contributed by atoms with Crippen LogP contribution in [0.3, 0.4) is 0 Å². The monoisotopic (exact) mass is 501 g/mol. The first kappa shape index (κ1) is 25.3. The summed E-state index contributed by atoms with van der Waals surface area (Å²) < 4.78 is 54.0. The minimum Gasteiger partial charge on any atom is -0.324 e. The largest absolute Gasteiger partial charge is 0.324 e. The average Bonchev–Trinajstić information content (AvgIpc) is 2.76. The van der Waals surface area contributed by atoms with Gasteiger partial charge in [0.2, 0.25) is 15.9 Å². The molecule has 8 nitrogen and oxygen atoms in total. The van der Waals surface area contributed by atoms with Crippen LogP contribution in [-0.4, -0.2) is 35.0 Å². The number of hydrogen-bond donors (Lipinski definition) is 2. The maximum atomic E-state index is 12.8. The maximum absolute atomic E-state index is 12.8. The van der Waals surface area contributed by atoms with Crippen molar-refractivity contribution in [2.24, 2.45) is 0 Å². The number of carbonyl (C=O) groups excluding carboxylic acids is 1. The summed E-state index contributed by atoms with van der Waals surface area (Å²) in [6.07, 6.45) is 1.03. The van der Waals surface area contributed by atoms with E-state index >= 15 is 0 Å². The number of benzene rings is 3. The van der Waals surface area contributed by atoms with Crippen LogP contribution in [0.1, 0.15) is 18.1 Å². The van der Waals surface area contributed by atoms with Crippen LogP contribution in [0.15, 0.2) is 77.7 Å². The molecule has 1 atom stereocenters. The Balaban J connectivity index is 1.78. The summed E-state index contributed by atoms with van der Waals surface area (Å²) in [6.45, 7) is 5.12. The third-order valence-corrected chi connectivity index (χ3v) is 7.86. The molecule has 0 saturated heterocycles. The highest BCUT2D eigenvalue weighted by Crippen LogP contribution is 2.25. The van der Waals surface area contributed by atoms with Gasteiger partial charge in [-0.1, -0.05) is 36.4 Å². The first-order chi connectivity index (χ1) is 15.9. The molecule has 0 saturated carbocycles. The molecule has 0 aliphatic rings. The normalized spacial score (nSPS) is 12.6. The molecule has 0 aliphatic carbocycles. The highest BCUT2D eigenvalue weighted by molar-refractivity contribution is 7.92. The van der Waals surface area contributed by atoms with Gasteiger partial charge >= 0.3 is 0 Å². The topological polar surface area (TPSA) is 113 Å². The van der Waals surface area contributed by atoms with Crippen molar-refractivity contribution in [2.45, 2.75) is 31.7 Å². The molecular formula is C24H27N3O5S2. The molecule has 3 rings (SSSR count). The molecule has 34 heavy (non-hydrogen) atoms. The van der Waals surface area contributed by atoms with Crippen LogP contribution < -0.4 is 14.3 Å². The Bertz CT molecular complexity index is 1370. The van der Waals surface area contributed by atoms with Crippen LogP contribution in [-0.2, 0) is 24.8 Å². The Morgan fingerprint density at radius 1 is 0.824 bits per heavy atom. The molecule has 3 aromatic rings. The van der Waals surface area contributed by atoms with Gasteiger partial charge in [-0.3, -0.25) is 13.8 Å². The minimum absolute atomic E-state index is 0.0308. The fourth-order valence-electron chi connectivity index (χ4n) is 3.52. The fourth-order valence-corrected chi connectivity index (χ4v) is 5.89. The predicted molar refractivity (Wildman–Crippen MR) is 135 cm³/mol. The van der Waals surface area contributed by atoms with E-state index in [0.717, 1.165) is 21.7 Å². The lowest BCUT2D eigenvalue weighted by molar-refractivity contribution is -0.116. The van der Waals surface area contributed by atoms with Gasteiger partial charge in [0.05, 0.1) is 22.5 Å². The van der Waals surface area contributed by atoms with Gasteiger partial charge in [0.15, 0.2) is 0 Å². The number of sulfonamides is 2. The lowest BCUT2D eigenvalue weighted by Crippen LogP contribution is -2.45. The Morgan fingerprint density at radius 3 is 1.91 bits per heavy atom. The summed E-state index contributed by atoms with van der Waals surface area (Å²) in [7, 11) is -7.57. The third-order valence-electron chi connectivity index (χ3n) is 5.25. The summed E-state index contributed by atoms with van der Waals surface area (Å²) in [6, 6.07) is 18.4. The lowest BCUT2D eigenvalue weighted by atomic mass is 10.1. The minimum atomic E-state index is -3.84. The molecule has 0 aliphatic heterocycles. The van der Waals surface area contributed by atoms with Gasteiger partial charge in [-0.15, -0.1) is 0 Å². The molecular weight excluding hydrogens is 474 g/mol. The van der Waals surface area contributed by atoms with Crippen LogP contribution in [0.25, 0.3) is 0 Å². The molecule has 0 fully saturated rings. The molecule has 3 aromatic carbocycles. The van der Waals surface area contributed by atoms with Crippen molar-refractivity contribution >= 4 is 43.0 Å². The summed E-state index contributed by atoms with van der Waals surface area (Å²) in [4.78, 5) is 12.9. The van der Waals surface area contributed by atoms with Gasteiger partial charge in [-0.2, -0.15) is 0 Å². The Labute approximate surface area is 200 Å². The maximum Gasteiger partial charge on any atom is 0.261 e. The number of aryl methyl sites for hydroxylation is 2. The molecule has 0 spiro atoms. The van der Waals surface area contributed by atoms with E-state index in [-0.39, 0.29) is 4.90 Å². The molecule has 180 valence electrons. The number of para-hydroxylation sites is 2. The van der Waals surface area contributed by atoms with Gasteiger partial charge in [0.1, 0.15) is 6.04 Å². The van der Waals surface area contributed by atoms with Crippen molar-refractivity contribution in [2.75, 3.05) is 20.6 Å². The molecule has 1 amide bonds. The third kappa shape index (κ3) is 5.75. The lowest BCUT2D eigenvalue weighted by Gasteiger charge is -2.28. The molecule has 0 heterocycles. The van der Waals surface area contributed by atoms with Crippen molar-refractivity contribution in [1.29, 1.82) is 0 Å². The second-order valence-electron chi connectivity index (χ2n) is 7.96. The molecule has 0 aromatic heterocycles. The van der Waals surface area contributed by atoms with Gasteiger partial charge < -0.3 is 5.32 Å².